The number of hydrogen-bond acceptors (Lipinski definition) is 5. The summed E-state index contributed by atoms with van der Waals surface area (Å²) in [6, 6.07) is 2.60. The Balaban J connectivity index is 1.57. The highest BCUT2D eigenvalue weighted by molar-refractivity contribution is 5.93. The second-order valence-electron chi connectivity index (χ2n) is 4.88. The van der Waals surface area contributed by atoms with E-state index in [0.29, 0.717) is 32.1 Å². The summed E-state index contributed by atoms with van der Waals surface area (Å²) in [6.45, 7) is 3.28. The van der Waals surface area contributed by atoms with Gasteiger partial charge < -0.3 is 24.3 Å². The monoisotopic (exact) mass is 297 g/mol. The van der Waals surface area contributed by atoms with Crippen LogP contribution in [0.15, 0.2) is 16.5 Å². The molecule has 0 aromatic carbocycles. The van der Waals surface area contributed by atoms with Crippen LogP contribution in [0, 0.1) is 5.92 Å². The SMILES string of the molecule is O=C(O)c1ccc(C(=O)NCCCOCC2CCOC2)o1. The summed E-state index contributed by atoms with van der Waals surface area (Å²) in [5.41, 5.74) is 0. The van der Waals surface area contributed by atoms with Crippen molar-refractivity contribution in [2.45, 2.75) is 12.8 Å². The minimum Gasteiger partial charge on any atom is -0.475 e. The Bertz CT molecular complexity index is 478. The normalized spacial score (nSPS) is 17.8. The van der Waals surface area contributed by atoms with Gasteiger partial charge in [-0.3, -0.25) is 4.79 Å². The number of nitrogens with one attached hydrogen (secondary N) is 1. The van der Waals surface area contributed by atoms with Crippen molar-refractivity contribution in [2.75, 3.05) is 33.0 Å². The maximum atomic E-state index is 11.7. The van der Waals surface area contributed by atoms with Gasteiger partial charge in [0.25, 0.3) is 5.91 Å². The lowest BCUT2D eigenvalue weighted by Crippen LogP contribution is -2.25. The molecule has 0 radical (unpaired) electrons. The van der Waals surface area contributed by atoms with Gasteiger partial charge in [0.15, 0.2) is 5.76 Å². The van der Waals surface area contributed by atoms with Crippen LogP contribution in [-0.2, 0) is 9.47 Å². The molecule has 0 aliphatic carbocycles. The molecule has 2 N–H and O–H groups in total. The summed E-state index contributed by atoms with van der Waals surface area (Å²) in [7, 11) is 0. The van der Waals surface area contributed by atoms with Gasteiger partial charge in [-0.05, 0) is 25.0 Å². The molecular weight excluding hydrogens is 278 g/mol. The maximum Gasteiger partial charge on any atom is 0.371 e. The first-order valence-corrected chi connectivity index (χ1v) is 6.93. The second-order valence-corrected chi connectivity index (χ2v) is 4.88. The van der Waals surface area contributed by atoms with Gasteiger partial charge >= 0.3 is 5.97 Å². The molecule has 2 heterocycles. The van der Waals surface area contributed by atoms with E-state index in [9.17, 15) is 9.59 Å². The summed E-state index contributed by atoms with van der Waals surface area (Å²) in [4.78, 5) is 22.3. The van der Waals surface area contributed by atoms with Crippen molar-refractivity contribution in [1.82, 2.24) is 5.32 Å². The highest BCUT2D eigenvalue weighted by Gasteiger charge is 2.16. The molecule has 1 unspecified atom stereocenters. The third-order valence-corrected chi connectivity index (χ3v) is 3.17. The fourth-order valence-corrected chi connectivity index (χ4v) is 2.00. The highest BCUT2D eigenvalue weighted by atomic mass is 16.5. The van der Waals surface area contributed by atoms with E-state index >= 15 is 0 Å². The van der Waals surface area contributed by atoms with E-state index in [1.54, 1.807) is 0 Å². The maximum absolute atomic E-state index is 11.7. The number of carboxylic acid groups (broad SMARTS) is 1. The van der Waals surface area contributed by atoms with Gasteiger partial charge in [0, 0.05) is 25.7 Å². The zero-order valence-corrected chi connectivity index (χ0v) is 11.7. The molecule has 0 spiro atoms. The van der Waals surface area contributed by atoms with E-state index in [-0.39, 0.29) is 11.5 Å². The zero-order valence-electron chi connectivity index (χ0n) is 11.7. The van der Waals surface area contributed by atoms with Gasteiger partial charge in [0.2, 0.25) is 5.76 Å². The largest absolute Gasteiger partial charge is 0.475 e. The Morgan fingerprint density at radius 1 is 1.38 bits per heavy atom. The van der Waals surface area contributed by atoms with Gasteiger partial charge in [-0.2, -0.15) is 0 Å². The standard InChI is InChI=1S/C14H19NO6/c16-13(11-2-3-12(21-11)14(17)18)15-5-1-6-19-8-10-4-7-20-9-10/h2-3,10H,1,4-9H2,(H,15,16)(H,17,18). The smallest absolute Gasteiger partial charge is 0.371 e. The first kappa shape index (κ1) is 15.5. The minimum atomic E-state index is -1.20. The summed E-state index contributed by atoms with van der Waals surface area (Å²) in [5, 5.41) is 11.3. The van der Waals surface area contributed by atoms with Gasteiger partial charge in [0.05, 0.1) is 13.2 Å². The number of rotatable bonds is 8. The van der Waals surface area contributed by atoms with E-state index in [2.05, 4.69) is 5.32 Å². The Hall–Kier alpha value is -1.86. The second kappa shape index (κ2) is 7.80. The van der Waals surface area contributed by atoms with Crippen molar-refractivity contribution in [3.63, 3.8) is 0 Å². The van der Waals surface area contributed by atoms with Gasteiger partial charge in [-0.25, -0.2) is 4.79 Å². The van der Waals surface area contributed by atoms with Crippen molar-refractivity contribution in [2.24, 2.45) is 5.92 Å². The first-order valence-electron chi connectivity index (χ1n) is 6.93. The van der Waals surface area contributed by atoms with Gasteiger partial charge in [-0.15, -0.1) is 0 Å². The summed E-state index contributed by atoms with van der Waals surface area (Å²) >= 11 is 0. The van der Waals surface area contributed by atoms with Crippen LogP contribution in [0.4, 0.5) is 0 Å². The van der Waals surface area contributed by atoms with Gasteiger partial charge in [0.1, 0.15) is 0 Å². The molecule has 1 saturated heterocycles. The third-order valence-electron chi connectivity index (χ3n) is 3.17. The average molecular weight is 297 g/mol. The fourth-order valence-electron chi connectivity index (χ4n) is 2.00. The molecule has 1 aliphatic rings. The lowest BCUT2D eigenvalue weighted by atomic mass is 10.1. The summed E-state index contributed by atoms with van der Waals surface area (Å²) in [5.74, 6) is -1.39. The van der Waals surface area contributed by atoms with Crippen LogP contribution >= 0.6 is 0 Å². The molecule has 7 heteroatoms. The van der Waals surface area contributed by atoms with Crippen molar-refractivity contribution in [3.8, 4) is 0 Å². The molecule has 1 amide bonds. The predicted molar refractivity (Wildman–Crippen MR) is 72.4 cm³/mol. The number of carboxylic acids is 1. The molecule has 0 bridgehead atoms. The fraction of sp³-hybridized carbons (Fsp3) is 0.571. The highest BCUT2D eigenvalue weighted by Crippen LogP contribution is 2.12. The molecule has 7 nitrogen and oxygen atoms in total. The van der Waals surface area contributed by atoms with E-state index in [1.807, 2.05) is 0 Å². The molecule has 1 aromatic rings. The molecule has 2 rings (SSSR count). The molecule has 0 saturated carbocycles. The van der Waals surface area contributed by atoms with E-state index in [4.69, 9.17) is 19.0 Å². The van der Waals surface area contributed by atoms with Crippen LogP contribution in [0.5, 0.6) is 0 Å². The van der Waals surface area contributed by atoms with Crippen LogP contribution in [0.25, 0.3) is 0 Å². The van der Waals surface area contributed by atoms with E-state index < -0.39 is 11.9 Å². The summed E-state index contributed by atoms with van der Waals surface area (Å²) < 4.78 is 15.6. The molecule has 1 fully saturated rings. The molecule has 1 aromatic heterocycles. The number of furan rings is 1. The molecule has 1 aliphatic heterocycles. The number of carbonyl (C=O) groups excluding carboxylic acids is 1. The van der Waals surface area contributed by atoms with Crippen LogP contribution in [0.1, 0.15) is 34.0 Å². The number of hydrogen-bond donors (Lipinski definition) is 2. The lowest BCUT2D eigenvalue weighted by molar-refractivity contribution is 0.0659. The molecule has 116 valence electrons. The zero-order chi connectivity index (χ0) is 15.1. The topological polar surface area (TPSA) is 98.0 Å². The van der Waals surface area contributed by atoms with E-state index in [1.165, 1.54) is 12.1 Å². The Labute approximate surface area is 122 Å². The molecular formula is C14H19NO6. The molecule has 21 heavy (non-hydrogen) atoms. The Kier molecular flexibility index (Phi) is 5.77. The molecule has 1 atom stereocenters. The number of aromatic carboxylic acids is 1. The van der Waals surface area contributed by atoms with E-state index in [0.717, 1.165) is 19.6 Å². The Morgan fingerprint density at radius 3 is 2.86 bits per heavy atom. The van der Waals surface area contributed by atoms with Crippen LogP contribution < -0.4 is 5.32 Å². The van der Waals surface area contributed by atoms with Crippen LogP contribution in [0.2, 0.25) is 0 Å². The van der Waals surface area contributed by atoms with Gasteiger partial charge in [-0.1, -0.05) is 0 Å². The van der Waals surface area contributed by atoms with Crippen LogP contribution in [-0.4, -0.2) is 50.0 Å². The quantitative estimate of drug-likeness (QED) is 0.698. The van der Waals surface area contributed by atoms with Crippen molar-refractivity contribution >= 4 is 11.9 Å². The van der Waals surface area contributed by atoms with Crippen LogP contribution in [0.3, 0.4) is 0 Å². The third kappa shape index (κ3) is 4.87. The van der Waals surface area contributed by atoms with Crippen molar-refractivity contribution < 1.29 is 28.6 Å². The van der Waals surface area contributed by atoms with Crippen molar-refractivity contribution in [1.29, 1.82) is 0 Å². The average Bonchev–Trinajstić information content (AvgIpc) is 3.13. The number of carbonyl (C=O) groups is 2. The lowest BCUT2D eigenvalue weighted by Gasteiger charge is -2.08. The minimum absolute atomic E-state index is 0.00331. The first-order chi connectivity index (χ1) is 10.2. The number of ether oxygens (including phenoxy) is 2. The predicted octanol–water partition coefficient (Wildman–Crippen LogP) is 1.15. The Morgan fingerprint density at radius 2 is 2.19 bits per heavy atom. The number of amides is 1. The summed E-state index contributed by atoms with van der Waals surface area (Å²) in [6.07, 6.45) is 1.73. The van der Waals surface area contributed by atoms with Crippen molar-refractivity contribution in [3.05, 3.63) is 23.7 Å².